The number of phenolic OH excluding ortho intramolecular Hbond substituents is 1. The van der Waals surface area contributed by atoms with Gasteiger partial charge in [0.25, 0.3) is 0 Å². The van der Waals surface area contributed by atoms with Crippen LogP contribution in [0.3, 0.4) is 0 Å². The fourth-order valence-electron chi connectivity index (χ4n) is 6.00. The molecule has 2 aliphatic heterocycles. The Hall–Kier alpha value is -4.87. The van der Waals surface area contributed by atoms with E-state index in [0.29, 0.717) is 33.8 Å². The van der Waals surface area contributed by atoms with Gasteiger partial charge in [-0.05, 0) is 64.7 Å². The Morgan fingerprint density at radius 1 is 0.977 bits per heavy atom. The van der Waals surface area contributed by atoms with Crippen molar-refractivity contribution in [3.63, 3.8) is 0 Å². The minimum Gasteiger partial charge on any atom is -0.502 e. The minimum atomic E-state index is -4.46. The lowest BCUT2D eigenvalue weighted by atomic mass is 9.65. The van der Waals surface area contributed by atoms with E-state index < -0.39 is 47.4 Å². The molecule has 0 aromatic heterocycles. The highest BCUT2D eigenvalue weighted by molar-refractivity contribution is 5.92. The zero-order chi connectivity index (χ0) is 30.5. The van der Waals surface area contributed by atoms with Crippen molar-refractivity contribution in [2.45, 2.75) is 18.1 Å². The van der Waals surface area contributed by atoms with Crippen LogP contribution in [0.15, 0.2) is 54.6 Å². The summed E-state index contributed by atoms with van der Waals surface area (Å²) >= 11 is 0. The van der Waals surface area contributed by atoms with Crippen LogP contribution in [-0.2, 0) is 20.5 Å². The number of benzene rings is 3. The summed E-state index contributed by atoms with van der Waals surface area (Å²) in [7, 11) is 2.81. The van der Waals surface area contributed by atoms with Crippen molar-refractivity contribution in [1.82, 2.24) is 5.32 Å². The molecule has 0 radical (unpaired) electrons. The summed E-state index contributed by atoms with van der Waals surface area (Å²) < 4.78 is 66.2. The highest BCUT2D eigenvalue weighted by atomic mass is 19.4. The Balaban J connectivity index is 1.39. The molecule has 3 aromatic rings. The van der Waals surface area contributed by atoms with Crippen LogP contribution >= 0.6 is 0 Å². The number of hydrogen-bond donors (Lipinski definition) is 2. The van der Waals surface area contributed by atoms with Crippen LogP contribution in [0.2, 0.25) is 0 Å². The number of esters is 1. The molecule has 0 bridgehead atoms. The van der Waals surface area contributed by atoms with Gasteiger partial charge in [0.05, 0.1) is 38.3 Å². The first-order chi connectivity index (χ1) is 20.6. The van der Waals surface area contributed by atoms with Crippen molar-refractivity contribution >= 4 is 18.0 Å². The quantitative estimate of drug-likeness (QED) is 0.303. The van der Waals surface area contributed by atoms with E-state index in [4.69, 9.17) is 23.7 Å². The second kappa shape index (κ2) is 10.8. The number of nitrogens with one attached hydrogen (secondary N) is 1. The highest BCUT2D eigenvalue weighted by Gasteiger charge is 2.53. The second-order valence-corrected chi connectivity index (χ2v) is 10.3. The summed E-state index contributed by atoms with van der Waals surface area (Å²) in [6, 6.07) is 10.5. The standard InChI is InChI=1S/C31H26F3NO8/c1-39-23-9-16(10-24(40-2)29(23)37)26-18-11-21-22(43-14-42-21)12-19(18)28(20-13-41-30(38)27(20)26)35-25(36)8-5-15-3-6-17(7-4-15)31(32,33)34/h3-12,20,26-28,37H,13-14H2,1-2H3,(H,35,36)/b8-5+/t20-,26+,27-,28+/m0/s1. The van der Waals surface area contributed by atoms with E-state index in [9.17, 15) is 27.9 Å². The monoisotopic (exact) mass is 597 g/mol. The molecule has 43 heavy (non-hydrogen) atoms. The van der Waals surface area contributed by atoms with E-state index in [1.807, 2.05) is 0 Å². The maximum absolute atomic E-state index is 13.3. The molecular formula is C31H26F3NO8. The van der Waals surface area contributed by atoms with E-state index in [1.165, 1.54) is 38.5 Å². The molecule has 0 spiro atoms. The molecule has 6 rings (SSSR count). The maximum atomic E-state index is 13.3. The Labute approximate surface area is 243 Å². The molecule has 0 unspecified atom stereocenters. The predicted molar refractivity (Wildman–Crippen MR) is 145 cm³/mol. The first-order valence-electron chi connectivity index (χ1n) is 13.3. The average Bonchev–Trinajstić information content (AvgIpc) is 3.61. The second-order valence-electron chi connectivity index (χ2n) is 10.3. The van der Waals surface area contributed by atoms with E-state index in [2.05, 4.69) is 5.32 Å². The summed E-state index contributed by atoms with van der Waals surface area (Å²) in [5.74, 6) is -1.70. The van der Waals surface area contributed by atoms with Crippen LogP contribution in [0, 0.1) is 11.8 Å². The number of halogens is 3. The van der Waals surface area contributed by atoms with Crippen LogP contribution in [0.4, 0.5) is 13.2 Å². The highest BCUT2D eigenvalue weighted by Crippen LogP contribution is 2.55. The third kappa shape index (κ3) is 5.06. The van der Waals surface area contributed by atoms with Gasteiger partial charge in [-0.25, -0.2) is 0 Å². The molecule has 1 aliphatic carbocycles. The molecule has 2 heterocycles. The van der Waals surface area contributed by atoms with Gasteiger partial charge < -0.3 is 34.1 Å². The van der Waals surface area contributed by atoms with Crippen molar-refractivity contribution in [3.8, 4) is 28.7 Å². The molecule has 1 fully saturated rings. The summed E-state index contributed by atoms with van der Waals surface area (Å²) in [5, 5.41) is 13.5. The lowest BCUT2D eigenvalue weighted by Crippen LogP contribution is -2.42. The van der Waals surface area contributed by atoms with Crippen molar-refractivity contribution in [2.24, 2.45) is 11.8 Å². The number of ether oxygens (including phenoxy) is 5. The Kier molecular flexibility index (Phi) is 7.07. The number of rotatable bonds is 6. The molecular weight excluding hydrogens is 571 g/mol. The zero-order valence-electron chi connectivity index (χ0n) is 22.9. The average molecular weight is 598 g/mol. The number of alkyl halides is 3. The Bertz CT molecular complexity index is 1590. The van der Waals surface area contributed by atoms with Crippen LogP contribution in [0.25, 0.3) is 6.08 Å². The van der Waals surface area contributed by atoms with Gasteiger partial charge in [-0.2, -0.15) is 13.2 Å². The molecule has 2 N–H and O–H groups in total. The largest absolute Gasteiger partial charge is 0.502 e. The van der Waals surface area contributed by atoms with E-state index in [-0.39, 0.29) is 30.6 Å². The summed E-state index contributed by atoms with van der Waals surface area (Å²) in [6.07, 6.45) is -1.83. The van der Waals surface area contributed by atoms with Gasteiger partial charge in [-0.3, -0.25) is 9.59 Å². The van der Waals surface area contributed by atoms with Crippen LogP contribution in [-0.4, -0.2) is 44.6 Å². The number of cyclic esters (lactones) is 1. The molecule has 1 saturated heterocycles. The van der Waals surface area contributed by atoms with Crippen LogP contribution in [0.5, 0.6) is 28.7 Å². The molecule has 9 nitrogen and oxygen atoms in total. The third-order valence-corrected chi connectivity index (χ3v) is 8.01. The van der Waals surface area contributed by atoms with Crippen molar-refractivity contribution in [3.05, 3.63) is 82.4 Å². The third-order valence-electron chi connectivity index (χ3n) is 8.01. The normalized spacial score (nSPS) is 22.1. The molecule has 1 amide bonds. The number of carbonyl (C=O) groups excluding carboxylic acids is 2. The van der Waals surface area contributed by atoms with Gasteiger partial charge in [0.15, 0.2) is 23.0 Å². The Morgan fingerprint density at radius 2 is 1.60 bits per heavy atom. The molecule has 12 heteroatoms. The first kappa shape index (κ1) is 28.3. The summed E-state index contributed by atoms with van der Waals surface area (Å²) in [4.78, 5) is 26.4. The Morgan fingerprint density at radius 3 is 2.21 bits per heavy atom. The van der Waals surface area contributed by atoms with Crippen LogP contribution < -0.4 is 24.3 Å². The van der Waals surface area contributed by atoms with Gasteiger partial charge >= 0.3 is 12.1 Å². The van der Waals surface area contributed by atoms with E-state index in [0.717, 1.165) is 12.1 Å². The van der Waals surface area contributed by atoms with Gasteiger partial charge in [-0.15, -0.1) is 0 Å². The van der Waals surface area contributed by atoms with Crippen LogP contribution in [0.1, 0.15) is 39.8 Å². The lowest BCUT2D eigenvalue weighted by Gasteiger charge is -2.39. The van der Waals surface area contributed by atoms with Gasteiger partial charge in [0, 0.05) is 17.9 Å². The SMILES string of the molecule is COc1cc([C@@H]2c3cc4c(cc3[C@@H](NC(=O)/C=C/c3ccc(C(F)(F)F)cc3)[C@H]3COC(=O)[C@H]23)OCO4)cc(OC)c1O. The topological polar surface area (TPSA) is 113 Å². The summed E-state index contributed by atoms with van der Waals surface area (Å²) in [5.41, 5.74) is 1.59. The van der Waals surface area contributed by atoms with Crippen molar-refractivity contribution in [1.29, 1.82) is 0 Å². The molecule has 224 valence electrons. The number of amides is 1. The number of phenols is 1. The smallest absolute Gasteiger partial charge is 0.416 e. The zero-order valence-corrected chi connectivity index (χ0v) is 22.9. The first-order valence-corrected chi connectivity index (χ1v) is 13.3. The number of aromatic hydroxyl groups is 1. The maximum Gasteiger partial charge on any atom is 0.416 e. The minimum absolute atomic E-state index is 0.00550. The molecule has 4 atom stereocenters. The number of methoxy groups -OCH3 is 2. The van der Waals surface area contributed by atoms with Crippen molar-refractivity contribution in [2.75, 3.05) is 27.6 Å². The summed E-state index contributed by atoms with van der Waals surface area (Å²) in [6.45, 7) is 0.0410. The predicted octanol–water partition coefficient (Wildman–Crippen LogP) is 4.96. The fraction of sp³-hybridized carbons (Fsp3) is 0.290. The van der Waals surface area contributed by atoms with Gasteiger partial charge in [0.2, 0.25) is 18.4 Å². The molecule has 3 aromatic carbocycles. The molecule has 3 aliphatic rings. The van der Waals surface area contributed by atoms with Crippen molar-refractivity contribution < 1.29 is 51.6 Å². The number of fused-ring (bicyclic) bond motifs is 3. The van der Waals surface area contributed by atoms with E-state index in [1.54, 1.807) is 24.3 Å². The molecule has 0 saturated carbocycles. The lowest BCUT2D eigenvalue weighted by molar-refractivity contribution is -0.141. The van der Waals surface area contributed by atoms with E-state index >= 15 is 0 Å². The number of hydrogen-bond acceptors (Lipinski definition) is 8. The fourth-order valence-corrected chi connectivity index (χ4v) is 6.00. The van der Waals surface area contributed by atoms with Gasteiger partial charge in [-0.1, -0.05) is 12.1 Å². The van der Waals surface area contributed by atoms with Gasteiger partial charge in [0.1, 0.15) is 0 Å². The number of carbonyl (C=O) groups is 2.